The van der Waals surface area contributed by atoms with Crippen LogP contribution in [0.4, 0.5) is 0 Å². The molecule has 3 fully saturated rings. The minimum atomic E-state index is 0.0827. The van der Waals surface area contributed by atoms with Gasteiger partial charge in [-0.25, -0.2) is 0 Å². The van der Waals surface area contributed by atoms with Crippen LogP contribution < -0.4 is 5.73 Å². The van der Waals surface area contributed by atoms with Gasteiger partial charge in [0.05, 0.1) is 0 Å². The standard InChI is InChI=1S/C15H28N2/c1-15(16,13-8-9-13)11-17-10-4-6-12-5-2-3-7-14(12)17/h12-14H,2-11,16H2,1H3. The largest absolute Gasteiger partial charge is 0.324 e. The molecular formula is C15H28N2. The van der Waals surface area contributed by atoms with E-state index in [2.05, 4.69) is 11.8 Å². The number of hydrogen-bond donors (Lipinski definition) is 1. The Morgan fingerprint density at radius 3 is 2.53 bits per heavy atom. The van der Waals surface area contributed by atoms with Crippen LogP contribution in [0.3, 0.4) is 0 Å². The van der Waals surface area contributed by atoms with Crippen LogP contribution in [-0.4, -0.2) is 29.6 Å². The fourth-order valence-electron chi connectivity index (χ4n) is 4.23. The van der Waals surface area contributed by atoms with Crippen molar-refractivity contribution in [2.24, 2.45) is 17.6 Å². The SMILES string of the molecule is CC(N)(CN1CCCC2CCCCC21)C1CC1. The van der Waals surface area contributed by atoms with E-state index in [4.69, 9.17) is 5.73 Å². The third-order valence-corrected chi connectivity index (χ3v) is 5.41. The van der Waals surface area contributed by atoms with Gasteiger partial charge < -0.3 is 5.73 Å². The lowest BCUT2D eigenvalue weighted by atomic mass is 9.77. The number of likely N-dealkylation sites (tertiary alicyclic amines) is 1. The molecule has 0 aromatic carbocycles. The van der Waals surface area contributed by atoms with Gasteiger partial charge in [-0.15, -0.1) is 0 Å². The van der Waals surface area contributed by atoms with Crippen LogP contribution in [0.25, 0.3) is 0 Å². The lowest BCUT2D eigenvalue weighted by Gasteiger charge is -2.47. The van der Waals surface area contributed by atoms with E-state index in [1.807, 2.05) is 0 Å². The Kier molecular flexibility index (Phi) is 3.20. The molecule has 1 saturated heterocycles. The number of fused-ring (bicyclic) bond motifs is 1. The van der Waals surface area contributed by atoms with Gasteiger partial charge in [-0.1, -0.05) is 12.8 Å². The first kappa shape index (κ1) is 12.0. The summed E-state index contributed by atoms with van der Waals surface area (Å²) < 4.78 is 0. The van der Waals surface area contributed by atoms with Gasteiger partial charge in [-0.2, -0.15) is 0 Å². The van der Waals surface area contributed by atoms with Crippen LogP contribution in [0.2, 0.25) is 0 Å². The molecule has 0 bridgehead atoms. The van der Waals surface area contributed by atoms with E-state index in [1.54, 1.807) is 0 Å². The molecule has 3 rings (SSSR count). The summed E-state index contributed by atoms with van der Waals surface area (Å²) in [6, 6.07) is 0.874. The minimum Gasteiger partial charge on any atom is -0.324 e. The topological polar surface area (TPSA) is 29.3 Å². The summed E-state index contributed by atoms with van der Waals surface area (Å²) in [6.07, 6.45) is 11.5. The lowest BCUT2D eigenvalue weighted by molar-refractivity contribution is 0.0415. The summed E-state index contributed by atoms with van der Waals surface area (Å²) >= 11 is 0. The van der Waals surface area contributed by atoms with Crippen molar-refractivity contribution in [3.8, 4) is 0 Å². The molecule has 1 heterocycles. The molecule has 0 radical (unpaired) electrons. The van der Waals surface area contributed by atoms with Gasteiger partial charge in [0, 0.05) is 18.1 Å². The highest BCUT2D eigenvalue weighted by molar-refractivity contribution is 4.99. The zero-order valence-corrected chi connectivity index (χ0v) is 11.3. The van der Waals surface area contributed by atoms with Gasteiger partial charge in [-0.05, 0) is 63.8 Å². The highest BCUT2D eigenvalue weighted by atomic mass is 15.2. The van der Waals surface area contributed by atoms with Gasteiger partial charge in [-0.3, -0.25) is 4.90 Å². The molecule has 2 aliphatic carbocycles. The molecule has 0 aromatic heterocycles. The molecule has 98 valence electrons. The molecule has 1 aliphatic heterocycles. The summed E-state index contributed by atoms with van der Waals surface area (Å²) in [6.45, 7) is 4.75. The van der Waals surface area contributed by atoms with Crippen LogP contribution in [0.1, 0.15) is 58.3 Å². The molecular weight excluding hydrogens is 208 g/mol. The second-order valence-electron chi connectivity index (χ2n) is 7.00. The number of nitrogens with zero attached hydrogens (tertiary/aromatic N) is 1. The summed E-state index contributed by atoms with van der Waals surface area (Å²) in [5.41, 5.74) is 6.62. The predicted molar refractivity (Wildman–Crippen MR) is 71.9 cm³/mol. The van der Waals surface area contributed by atoms with Crippen molar-refractivity contribution in [3.63, 3.8) is 0 Å². The second-order valence-corrected chi connectivity index (χ2v) is 7.00. The Bertz CT molecular complexity index is 268. The molecule has 0 amide bonds. The number of piperidine rings is 1. The Morgan fingerprint density at radius 2 is 1.76 bits per heavy atom. The first-order chi connectivity index (χ1) is 8.17. The van der Waals surface area contributed by atoms with E-state index < -0.39 is 0 Å². The van der Waals surface area contributed by atoms with Gasteiger partial charge in [0.1, 0.15) is 0 Å². The summed E-state index contributed by atoms with van der Waals surface area (Å²) in [4.78, 5) is 2.76. The van der Waals surface area contributed by atoms with Crippen molar-refractivity contribution in [2.75, 3.05) is 13.1 Å². The highest BCUT2D eigenvalue weighted by Crippen LogP contribution is 2.41. The van der Waals surface area contributed by atoms with Gasteiger partial charge in [0.2, 0.25) is 0 Å². The normalized spacial score (nSPS) is 38.5. The molecule has 2 nitrogen and oxygen atoms in total. The highest BCUT2D eigenvalue weighted by Gasteiger charge is 2.42. The fraction of sp³-hybridized carbons (Fsp3) is 1.00. The van der Waals surface area contributed by atoms with Crippen LogP contribution >= 0.6 is 0 Å². The number of nitrogens with two attached hydrogens (primary N) is 1. The summed E-state index contributed by atoms with van der Waals surface area (Å²) in [7, 11) is 0. The molecule has 3 unspecified atom stereocenters. The lowest BCUT2D eigenvalue weighted by Crippen LogP contribution is -2.56. The molecule has 0 aromatic rings. The maximum absolute atomic E-state index is 6.53. The summed E-state index contributed by atoms with van der Waals surface area (Å²) in [5, 5.41) is 0. The van der Waals surface area contributed by atoms with E-state index in [9.17, 15) is 0 Å². The van der Waals surface area contributed by atoms with Crippen molar-refractivity contribution >= 4 is 0 Å². The Morgan fingerprint density at radius 1 is 1.06 bits per heavy atom. The van der Waals surface area contributed by atoms with Crippen molar-refractivity contribution in [1.82, 2.24) is 4.90 Å². The fourth-order valence-corrected chi connectivity index (χ4v) is 4.23. The van der Waals surface area contributed by atoms with E-state index in [-0.39, 0.29) is 5.54 Å². The Labute approximate surface area is 106 Å². The first-order valence-corrected chi connectivity index (χ1v) is 7.70. The van der Waals surface area contributed by atoms with Crippen LogP contribution in [0.5, 0.6) is 0 Å². The van der Waals surface area contributed by atoms with E-state index in [1.165, 1.54) is 57.9 Å². The molecule has 17 heavy (non-hydrogen) atoms. The maximum atomic E-state index is 6.53. The predicted octanol–water partition coefficient (Wildman–Crippen LogP) is 2.77. The van der Waals surface area contributed by atoms with Gasteiger partial charge in [0.15, 0.2) is 0 Å². The van der Waals surface area contributed by atoms with E-state index >= 15 is 0 Å². The first-order valence-electron chi connectivity index (χ1n) is 7.70. The third kappa shape index (κ3) is 2.53. The number of hydrogen-bond acceptors (Lipinski definition) is 2. The van der Waals surface area contributed by atoms with Gasteiger partial charge in [0.25, 0.3) is 0 Å². The zero-order valence-electron chi connectivity index (χ0n) is 11.3. The molecule has 2 heteroatoms. The van der Waals surface area contributed by atoms with Crippen molar-refractivity contribution in [1.29, 1.82) is 0 Å². The number of rotatable bonds is 3. The third-order valence-electron chi connectivity index (χ3n) is 5.41. The molecule has 3 aliphatic rings. The van der Waals surface area contributed by atoms with Crippen molar-refractivity contribution < 1.29 is 0 Å². The smallest absolute Gasteiger partial charge is 0.0283 e. The Hall–Kier alpha value is -0.0800. The Balaban J connectivity index is 1.64. The van der Waals surface area contributed by atoms with Gasteiger partial charge >= 0.3 is 0 Å². The average Bonchev–Trinajstić information content (AvgIpc) is 3.13. The van der Waals surface area contributed by atoms with E-state index in [0.29, 0.717) is 0 Å². The maximum Gasteiger partial charge on any atom is 0.0283 e. The van der Waals surface area contributed by atoms with E-state index in [0.717, 1.165) is 24.4 Å². The molecule has 2 saturated carbocycles. The van der Waals surface area contributed by atoms with Crippen LogP contribution in [0.15, 0.2) is 0 Å². The van der Waals surface area contributed by atoms with Crippen molar-refractivity contribution in [2.45, 2.75) is 69.9 Å². The quantitative estimate of drug-likeness (QED) is 0.816. The monoisotopic (exact) mass is 236 g/mol. The molecule has 2 N–H and O–H groups in total. The molecule has 0 spiro atoms. The zero-order chi connectivity index (χ0) is 11.9. The van der Waals surface area contributed by atoms with Crippen LogP contribution in [0, 0.1) is 11.8 Å². The molecule has 3 atom stereocenters. The minimum absolute atomic E-state index is 0.0827. The summed E-state index contributed by atoms with van der Waals surface area (Å²) in [5.74, 6) is 1.80. The second kappa shape index (κ2) is 4.55. The average molecular weight is 236 g/mol. The van der Waals surface area contributed by atoms with Crippen LogP contribution in [-0.2, 0) is 0 Å². The van der Waals surface area contributed by atoms with Crippen molar-refractivity contribution in [3.05, 3.63) is 0 Å².